The van der Waals surface area contributed by atoms with Gasteiger partial charge in [0.2, 0.25) is 0 Å². The summed E-state index contributed by atoms with van der Waals surface area (Å²) in [5, 5.41) is 2.83. The third kappa shape index (κ3) is 3.92. The molecule has 0 amide bonds. The molecule has 2 aliphatic rings. The smallest absolute Gasteiger partial charge is 0.0780 e. The van der Waals surface area contributed by atoms with Crippen molar-refractivity contribution >= 4 is 10.8 Å². The van der Waals surface area contributed by atoms with E-state index in [0.717, 1.165) is 11.8 Å². The normalized spacial score (nSPS) is 18.7. The van der Waals surface area contributed by atoms with Crippen molar-refractivity contribution in [2.45, 2.75) is 89.9 Å². The molecule has 0 aliphatic heterocycles. The van der Waals surface area contributed by atoms with Crippen LogP contribution in [-0.2, 0) is 0 Å². The Balaban J connectivity index is 1.71. The second kappa shape index (κ2) is 8.53. The van der Waals surface area contributed by atoms with Gasteiger partial charge in [-0.25, -0.2) is 0 Å². The molecule has 0 atom stereocenters. The van der Waals surface area contributed by atoms with Gasteiger partial charge in [0.05, 0.1) is 5.69 Å². The third-order valence-electron chi connectivity index (χ3n) is 7.55. The predicted octanol–water partition coefficient (Wildman–Crippen LogP) is 8.61. The molecule has 156 valence electrons. The standard InChI is InChI=1S/C29H35N/c1-20-15-21(2)17-25(16-20)29-28-19-24(22-9-5-3-6-10-22)18-27(26(28)13-14-30-29)23-11-7-4-8-12-23/h13-19,22-23H,3-12H2,1-2H3. The first kappa shape index (κ1) is 19.8. The Morgan fingerprint density at radius 3 is 1.97 bits per heavy atom. The number of hydrogen-bond donors (Lipinski definition) is 0. The minimum Gasteiger partial charge on any atom is -0.256 e. The van der Waals surface area contributed by atoms with E-state index in [1.165, 1.54) is 97.4 Å². The lowest BCUT2D eigenvalue weighted by molar-refractivity contribution is 0.437. The van der Waals surface area contributed by atoms with Crippen molar-refractivity contribution < 1.29 is 0 Å². The summed E-state index contributed by atoms with van der Waals surface area (Å²) in [7, 11) is 0. The molecule has 1 heterocycles. The molecule has 0 unspecified atom stereocenters. The number of fused-ring (bicyclic) bond motifs is 1. The van der Waals surface area contributed by atoms with Crippen LogP contribution in [0.1, 0.15) is 98.3 Å². The molecule has 0 bridgehead atoms. The topological polar surface area (TPSA) is 12.9 Å². The van der Waals surface area contributed by atoms with E-state index in [1.807, 2.05) is 6.20 Å². The Labute approximate surface area is 181 Å². The zero-order valence-electron chi connectivity index (χ0n) is 18.7. The molecule has 0 spiro atoms. The summed E-state index contributed by atoms with van der Waals surface area (Å²) >= 11 is 0. The van der Waals surface area contributed by atoms with Crippen molar-refractivity contribution in [3.63, 3.8) is 0 Å². The number of hydrogen-bond acceptors (Lipinski definition) is 1. The number of pyridine rings is 1. The van der Waals surface area contributed by atoms with Crippen molar-refractivity contribution in [2.75, 3.05) is 0 Å². The lowest BCUT2D eigenvalue weighted by atomic mass is 9.78. The highest BCUT2D eigenvalue weighted by molar-refractivity contribution is 5.97. The zero-order chi connectivity index (χ0) is 20.5. The molecule has 3 aromatic rings. The number of rotatable bonds is 3. The summed E-state index contributed by atoms with van der Waals surface area (Å²) in [6.07, 6.45) is 15.8. The molecule has 2 aromatic carbocycles. The van der Waals surface area contributed by atoms with Gasteiger partial charge in [0.25, 0.3) is 0 Å². The minimum atomic E-state index is 0.722. The number of nitrogens with zero attached hydrogens (tertiary/aromatic N) is 1. The van der Waals surface area contributed by atoms with Crippen molar-refractivity contribution in [1.82, 2.24) is 4.98 Å². The van der Waals surface area contributed by atoms with Crippen LogP contribution in [0.15, 0.2) is 42.6 Å². The summed E-state index contributed by atoms with van der Waals surface area (Å²) in [6.45, 7) is 4.39. The molecular weight excluding hydrogens is 362 g/mol. The van der Waals surface area contributed by atoms with Crippen molar-refractivity contribution in [1.29, 1.82) is 0 Å². The summed E-state index contributed by atoms with van der Waals surface area (Å²) < 4.78 is 0. The van der Waals surface area contributed by atoms with E-state index in [4.69, 9.17) is 4.98 Å². The van der Waals surface area contributed by atoms with E-state index in [9.17, 15) is 0 Å². The molecular formula is C29H35N. The highest BCUT2D eigenvalue weighted by Gasteiger charge is 2.23. The highest BCUT2D eigenvalue weighted by Crippen LogP contribution is 2.42. The Hall–Kier alpha value is -2.15. The second-order valence-corrected chi connectivity index (χ2v) is 9.91. The van der Waals surface area contributed by atoms with Crippen LogP contribution in [0.2, 0.25) is 0 Å². The van der Waals surface area contributed by atoms with Crippen LogP contribution >= 0.6 is 0 Å². The van der Waals surface area contributed by atoms with Gasteiger partial charge in [0.15, 0.2) is 0 Å². The van der Waals surface area contributed by atoms with Gasteiger partial charge in [0.1, 0.15) is 0 Å². The molecule has 0 saturated heterocycles. The summed E-state index contributed by atoms with van der Waals surface area (Å²) in [6, 6.07) is 14.3. The molecule has 1 nitrogen and oxygen atoms in total. The monoisotopic (exact) mass is 397 g/mol. The Morgan fingerprint density at radius 1 is 0.667 bits per heavy atom. The van der Waals surface area contributed by atoms with E-state index in [-0.39, 0.29) is 0 Å². The molecule has 0 N–H and O–H groups in total. The molecule has 1 aromatic heterocycles. The largest absolute Gasteiger partial charge is 0.256 e. The van der Waals surface area contributed by atoms with Crippen LogP contribution in [0, 0.1) is 13.8 Å². The van der Waals surface area contributed by atoms with Crippen molar-refractivity contribution in [3.8, 4) is 11.3 Å². The fourth-order valence-electron chi connectivity index (χ4n) is 6.10. The Kier molecular flexibility index (Phi) is 5.63. The third-order valence-corrected chi connectivity index (χ3v) is 7.55. The second-order valence-electron chi connectivity index (χ2n) is 9.91. The van der Waals surface area contributed by atoms with E-state index >= 15 is 0 Å². The average molecular weight is 398 g/mol. The molecule has 2 saturated carbocycles. The van der Waals surface area contributed by atoms with Gasteiger partial charge < -0.3 is 0 Å². The van der Waals surface area contributed by atoms with Crippen molar-refractivity contribution in [2.24, 2.45) is 0 Å². The maximum atomic E-state index is 4.93. The quantitative estimate of drug-likeness (QED) is 0.431. The van der Waals surface area contributed by atoms with Crippen molar-refractivity contribution in [3.05, 3.63) is 64.8 Å². The summed E-state index contributed by atoms with van der Waals surface area (Å²) in [4.78, 5) is 4.93. The van der Waals surface area contributed by atoms with Gasteiger partial charge >= 0.3 is 0 Å². The molecule has 5 rings (SSSR count). The van der Waals surface area contributed by atoms with Gasteiger partial charge in [-0.15, -0.1) is 0 Å². The van der Waals surface area contributed by atoms with Crippen LogP contribution in [-0.4, -0.2) is 4.98 Å². The SMILES string of the molecule is Cc1cc(C)cc(-c2nccc3c(C4CCCCC4)cc(C4CCCCC4)cc23)c1. The van der Waals surface area contributed by atoms with Gasteiger partial charge in [-0.3, -0.25) is 4.98 Å². The molecule has 30 heavy (non-hydrogen) atoms. The van der Waals surface area contributed by atoms with E-state index in [1.54, 1.807) is 11.1 Å². The van der Waals surface area contributed by atoms with Crippen LogP contribution < -0.4 is 0 Å². The zero-order valence-corrected chi connectivity index (χ0v) is 18.7. The molecule has 0 radical (unpaired) electrons. The summed E-state index contributed by atoms with van der Waals surface area (Å²) in [5.41, 5.74) is 8.28. The van der Waals surface area contributed by atoms with Gasteiger partial charge in [0, 0.05) is 17.1 Å². The van der Waals surface area contributed by atoms with E-state index in [2.05, 4.69) is 50.2 Å². The van der Waals surface area contributed by atoms with Gasteiger partial charge in [-0.05, 0) is 92.1 Å². The van der Waals surface area contributed by atoms with Gasteiger partial charge in [-0.2, -0.15) is 0 Å². The maximum absolute atomic E-state index is 4.93. The fourth-order valence-corrected chi connectivity index (χ4v) is 6.10. The fraction of sp³-hybridized carbons (Fsp3) is 0.483. The first-order valence-corrected chi connectivity index (χ1v) is 12.2. The lowest BCUT2D eigenvalue weighted by Gasteiger charge is -2.27. The number of aryl methyl sites for hydroxylation is 2. The maximum Gasteiger partial charge on any atom is 0.0780 e. The molecule has 1 heteroatoms. The van der Waals surface area contributed by atoms with Crippen LogP contribution in [0.4, 0.5) is 0 Å². The van der Waals surface area contributed by atoms with Crippen LogP contribution in [0.3, 0.4) is 0 Å². The average Bonchev–Trinajstić information content (AvgIpc) is 2.78. The first-order chi connectivity index (χ1) is 14.7. The highest BCUT2D eigenvalue weighted by atomic mass is 14.7. The number of benzene rings is 2. The lowest BCUT2D eigenvalue weighted by Crippen LogP contribution is -2.09. The van der Waals surface area contributed by atoms with Gasteiger partial charge in [-0.1, -0.05) is 61.8 Å². The van der Waals surface area contributed by atoms with Crippen LogP contribution in [0.25, 0.3) is 22.0 Å². The Bertz CT molecular complexity index is 1020. The molecule has 2 aliphatic carbocycles. The van der Waals surface area contributed by atoms with E-state index in [0.29, 0.717) is 0 Å². The Morgan fingerprint density at radius 2 is 1.30 bits per heavy atom. The number of aromatic nitrogens is 1. The minimum absolute atomic E-state index is 0.722. The van der Waals surface area contributed by atoms with E-state index < -0.39 is 0 Å². The van der Waals surface area contributed by atoms with Crippen LogP contribution in [0.5, 0.6) is 0 Å². The predicted molar refractivity (Wildman–Crippen MR) is 128 cm³/mol. The summed E-state index contributed by atoms with van der Waals surface area (Å²) in [5.74, 6) is 1.46. The molecule has 2 fully saturated rings. The first-order valence-electron chi connectivity index (χ1n) is 12.2.